The highest BCUT2D eigenvalue weighted by Gasteiger charge is 2.58. The van der Waals surface area contributed by atoms with Gasteiger partial charge in [-0.2, -0.15) is 0 Å². The fraction of sp³-hybridized carbons (Fsp3) is 0.774. The number of hydrogen-bond donors (Lipinski definition) is 1. The second-order valence-corrected chi connectivity index (χ2v) is 15.1. The number of piperidine rings is 1. The van der Waals surface area contributed by atoms with E-state index in [0.717, 1.165) is 76.2 Å². The number of anilines is 1. The third-order valence-electron chi connectivity index (χ3n) is 11.6. The second-order valence-electron chi connectivity index (χ2n) is 15.1. The minimum atomic E-state index is -0.457. The maximum absolute atomic E-state index is 14.5. The smallest absolute Gasteiger partial charge is 0.399 e. The molecule has 1 spiro atoms. The monoisotopic (exact) mass is 551 g/mol. The molecule has 0 radical (unpaired) electrons. The topological polar surface area (TPSA) is 74.7 Å². The van der Waals surface area contributed by atoms with Crippen molar-refractivity contribution in [2.45, 2.75) is 108 Å². The molecular formula is C31H46BN3O5. The molecule has 7 rings (SSSR count). The zero-order valence-corrected chi connectivity index (χ0v) is 25.1. The lowest BCUT2D eigenvalue weighted by atomic mass is 9.71. The number of benzene rings is 1. The van der Waals surface area contributed by atoms with Crippen molar-refractivity contribution < 1.29 is 23.9 Å². The molecule has 1 atom stereocenters. The Morgan fingerprint density at radius 1 is 0.900 bits per heavy atom. The van der Waals surface area contributed by atoms with Crippen LogP contribution in [0.3, 0.4) is 0 Å². The van der Waals surface area contributed by atoms with Crippen LogP contribution in [-0.4, -0.2) is 103 Å². The zero-order valence-electron chi connectivity index (χ0n) is 25.1. The normalized spacial score (nSPS) is 34.8. The first-order valence-corrected chi connectivity index (χ1v) is 15.4. The van der Waals surface area contributed by atoms with Gasteiger partial charge in [-0.05, 0) is 83.6 Å². The number of aliphatic hydroxyl groups excluding tert-OH is 1. The number of carbonyl (C=O) groups is 1. The van der Waals surface area contributed by atoms with Gasteiger partial charge in [-0.3, -0.25) is 14.6 Å². The average molecular weight is 552 g/mol. The first kappa shape index (κ1) is 27.4. The Bertz CT molecular complexity index is 1170. The van der Waals surface area contributed by atoms with Crippen LogP contribution in [-0.2, 0) is 24.3 Å². The van der Waals surface area contributed by atoms with E-state index in [0.29, 0.717) is 12.1 Å². The maximum Gasteiger partial charge on any atom is 0.494 e. The molecule has 40 heavy (non-hydrogen) atoms. The number of ether oxygens (including phenoxy) is 1. The number of nitrogens with zero attached hydrogens (tertiary/aromatic N) is 3. The molecule has 1 saturated carbocycles. The zero-order chi connectivity index (χ0) is 28.2. The lowest BCUT2D eigenvalue weighted by Crippen LogP contribution is -2.59. The standard InChI is InChI=1S/C31H46BN3O5/c1-28(2)19-34(16-26(28)36)21-14-22(15-21)35-25-13-20(32-39-29(3,4)30(5,6)40-32)7-8-24(25)31(27(35)37)9-11-33(12-10-31)23-17-38-18-23/h7-8,13,21-23,26,36H,9-12,14-19H2,1-6H3/t21?,22?,26-/m1/s1. The van der Waals surface area contributed by atoms with Gasteiger partial charge in [-0.15, -0.1) is 0 Å². The highest BCUT2D eigenvalue weighted by Crippen LogP contribution is 2.51. The van der Waals surface area contributed by atoms with E-state index >= 15 is 0 Å². The summed E-state index contributed by atoms with van der Waals surface area (Å²) >= 11 is 0. The lowest BCUT2D eigenvalue weighted by Gasteiger charge is -2.47. The van der Waals surface area contributed by atoms with Crippen molar-refractivity contribution in [3.63, 3.8) is 0 Å². The highest BCUT2D eigenvalue weighted by molar-refractivity contribution is 6.62. The Morgan fingerprint density at radius 2 is 1.55 bits per heavy atom. The van der Waals surface area contributed by atoms with E-state index < -0.39 is 23.7 Å². The van der Waals surface area contributed by atoms with Crippen molar-refractivity contribution >= 4 is 24.2 Å². The molecule has 8 nitrogen and oxygen atoms in total. The Hall–Kier alpha value is -1.49. The van der Waals surface area contributed by atoms with Crippen LogP contribution in [0.2, 0.25) is 0 Å². The summed E-state index contributed by atoms with van der Waals surface area (Å²) in [5, 5.41) is 10.6. The minimum absolute atomic E-state index is 0.0810. The molecule has 6 aliphatic rings. The van der Waals surface area contributed by atoms with Crippen molar-refractivity contribution in [3.05, 3.63) is 23.8 Å². The van der Waals surface area contributed by atoms with Gasteiger partial charge in [0.2, 0.25) is 5.91 Å². The van der Waals surface area contributed by atoms with E-state index in [1.807, 2.05) is 0 Å². The molecule has 0 unspecified atom stereocenters. The number of carbonyl (C=O) groups excluding carboxylic acids is 1. The van der Waals surface area contributed by atoms with Gasteiger partial charge in [-0.25, -0.2) is 0 Å². The molecule has 1 amide bonds. The minimum Gasteiger partial charge on any atom is -0.399 e. The molecule has 1 aliphatic carbocycles. The number of amides is 1. The Balaban J connectivity index is 1.17. The molecule has 5 aliphatic heterocycles. The van der Waals surface area contributed by atoms with Crippen LogP contribution in [0.5, 0.6) is 0 Å². The van der Waals surface area contributed by atoms with Crippen LogP contribution in [0, 0.1) is 5.41 Å². The summed E-state index contributed by atoms with van der Waals surface area (Å²) in [6.45, 7) is 17.7. The van der Waals surface area contributed by atoms with Crippen LogP contribution in [0.15, 0.2) is 18.2 Å². The predicted octanol–water partition coefficient (Wildman–Crippen LogP) is 2.30. The van der Waals surface area contributed by atoms with E-state index in [2.05, 4.69) is 74.4 Å². The van der Waals surface area contributed by atoms with Gasteiger partial charge < -0.3 is 24.1 Å². The molecule has 0 bridgehead atoms. The number of hydrogen-bond acceptors (Lipinski definition) is 7. The van der Waals surface area contributed by atoms with Crippen molar-refractivity contribution in [3.8, 4) is 0 Å². The number of β-amino-alcohol motifs (C(OH)–C–C–N with tert-alkyl or cyclic N) is 1. The molecular weight excluding hydrogens is 505 g/mol. The summed E-state index contributed by atoms with van der Waals surface area (Å²) in [5.41, 5.74) is 1.86. The van der Waals surface area contributed by atoms with Crippen molar-refractivity contribution in [1.82, 2.24) is 9.80 Å². The van der Waals surface area contributed by atoms with Gasteiger partial charge in [0.1, 0.15) is 0 Å². The molecule has 1 N–H and O–H groups in total. The molecule has 5 heterocycles. The predicted molar refractivity (Wildman–Crippen MR) is 155 cm³/mol. The van der Waals surface area contributed by atoms with E-state index in [4.69, 9.17) is 14.0 Å². The van der Waals surface area contributed by atoms with Crippen LogP contribution in [0.4, 0.5) is 5.69 Å². The molecule has 1 aromatic rings. The lowest BCUT2D eigenvalue weighted by molar-refractivity contribution is -0.128. The molecule has 0 aromatic heterocycles. The fourth-order valence-corrected chi connectivity index (χ4v) is 7.79. The quantitative estimate of drug-likeness (QED) is 0.576. The van der Waals surface area contributed by atoms with Crippen LogP contribution < -0.4 is 10.4 Å². The summed E-state index contributed by atoms with van der Waals surface area (Å²) in [6.07, 6.45) is 3.32. The summed E-state index contributed by atoms with van der Waals surface area (Å²) in [4.78, 5) is 21.6. The van der Waals surface area contributed by atoms with Gasteiger partial charge in [0.15, 0.2) is 0 Å². The summed E-state index contributed by atoms with van der Waals surface area (Å²) in [5.74, 6) is 0.281. The Kier molecular flexibility index (Phi) is 6.16. The summed E-state index contributed by atoms with van der Waals surface area (Å²) < 4.78 is 18.3. The Morgan fingerprint density at radius 3 is 2.10 bits per heavy atom. The first-order chi connectivity index (χ1) is 18.8. The molecule has 4 saturated heterocycles. The summed E-state index contributed by atoms with van der Waals surface area (Å²) in [7, 11) is -0.452. The number of rotatable bonds is 4. The fourth-order valence-electron chi connectivity index (χ4n) is 7.79. The SMILES string of the molecule is CC1(C)CN(C2CC(N3C(=O)C4(CCN(C5COC5)CC4)c4ccc(B5OC(C)(C)C(C)(C)O5)cc43)C2)C[C@H]1O. The van der Waals surface area contributed by atoms with E-state index in [9.17, 15) is 9.90 Å². The van der Waals surface area contributed by atoms with Crippen LogP contribution in [0.25, 0.3) is 0 Å². The van der Waals surface area contributed by atoms with Gasteiger partial charge in [0.05, 0.1) is 42.0 Å². The van der Waals surface area contributed by atoms with Crippen LogP contribution in [0.1, 0.15) is 72.8 Å². The van der Waals surface area contributed by atoms with E-state index in [1.165, 1.54) is 5.56 Å². The Labute approximate surface area is 239 Å². The molecule has 5 fully saturated rings. The molecule has 9 heteroatoms. The van der Waals surface area contributed by atoms with Crippen LogP contribution >= 0.6 is 0 Å². The second kappa shape index (κ2) is 9.01. The summed E-state index contributed by atoms with van der Waals surface area (Å²) in [6, 6.07) is 7.62. The molecule has 218 valence electrons. The van der Waals surface area contributed by atoms with Gasteiger partial charge in [-0.1, -0.05) is 26.0 Å². The average Bonchev–Trinajstić information content (AvgIpc) is 3.31. The van der Waals surface area contributed by atoms with Gasteiger partial charge in [0.25, 0.3) is 0 Å². The first-order valence-electron chi connectivity index (χ1n) is 15.4. The number of fused-ring (bicyclic) bond motifs is 2. The largest absolute Gasteiger partial charge is 0.494 e. The third-order valence-corrected chi connectivity index (χ3v) is 11.6. The van der Waals surface area contributed by atoms with Crippen molar-refractivity contribution in [2.24, 2.45) is 5.41 Å². The van der Waals surface area contributed by atoms with E-state index in [-0.39, 0.29) is 23.5 Å². The highest BCUT2D eigenvalue weighted by atomic mass is 16.7. The van der Waals surface area contributed by atoms with Gasteiger partial charge >= 0.3 is 7.12 Å². The third kappa shape index (κ3) is 3.98. The number of likely N-dealkylation sites (tertiary alicyclic amines) is 2. The number of aliphatic hydroxyl groups is 1. The molecule has 1 aromatic carbocycles. The van der Waals surface area contributed by atoms with Crippen molar-refractivity contribution in [2.75, 3.05) is 44.3 Å². The maximum atomic E-state index is 14.5. The van der Waals surface area contributed by atoms with Gasteiger partial charge in [0, 0.05) is 36.3 Å². The van der Waals surface area contributed by atoms with Crippen molar-refractivity contribution in [1.29, 1.82) is 0 Å². The van der Waals surface area contributed by atoms with E-state index in [1.54, 1.807) is 0 Å².